The Bertz CT molecular complexity index is 222. The van der Waals surface area contributed by atoms with E-state index in [1.54, 1.807) is 0 Å². The number of hydrogen-bond acceptors (Lipinski definition) is 1. The van der Waals surface area contributed by atoms with Crippen molar-refractivity contribution in [3.8, 4) is 0 Å². The van der Waals surface area contributed by atoms with Crippen LogP contribution in [0.15, 0.2) is 0 Å². The Kier molecular flexibility index (Phi) is 2.53. The summed E-state index contributed by atoms with van der Waals surface area (Å²) in [5.41, 5.74) is 0.307. The van der Waals surface area contributed by atoms with Gasteiger partial charge in [-0.2, -0.15) is 0 Å². The molecule has 0 aliphatic heterocycles. The van der Waals surface area contributed by atoms with Gasteiger partial charge in [-0.15, -0.1) is 0 Å². The van der Waals surface area contributed by atoms with Gasteiger partial charge in [0.25, 0.3) is 0 Å². The van der Waals surface area contributed by atoms with Crippen LogP contribution in [-0.4, -0.2) is 35.3 Å². The number of carbonyl (C=O) groups is 1. The minimum atomic E-state index is 0. The monoisotopic (exact) mass is 175 g/mol. The van der Waals surface area contributed by atoms with Gasteiger partial charge < -0.3 is 0 Å². The third-order valence-electron chi connectivity index (χ3n) is 4.48. The Balaban J connectivity index is 0.000000720. The van der Waals surface area contributed by atoms with Crippen molar-refractivity contribution >= 4 is 35.3 Å². The van der Waals surface area contributed by atoms with E-state index in [4.69, 9.17) is 0 Å². The van der Waals surface area contributed by atoms with Crippen LogP contribution in [0.25, 0.3) is 0 Å². The van der Waals surface area contributed by atoms with Gasteiger partial charge in [-0.05, 0) is 24.2 Å². The molecule has 2 aliphatic rings. The van der Waals surface area contributed by atoms with Crippen LogP contribution in [0.4, 0.5) is 0 Å². The predicted molar refractivity (Wildman–Crippen MR) is 50.0 cm³/mol. The normalized spacial score (nSPS) is 42.9. The molecule has 0 spiro atoms. The number of hydrogen-bond donors (Lipinski definition) is 0. The van der Waals surface area contributed by atoms with Crippen LogP contribution in [0.5, 0.6) is 0 Å². The third-order valence-corrected chi connectivity index (χ3v) is 4.48. The second-order valence-electron chi connectivity index (χ2n) is 4.92. The van der Waals surface area contributed by atoms with Crippen LogP contribution in [0.2, 0.25) is 0 Å². The summed E-state index contributed by atoms with van der Waals surface area (Å²) in [6, 6.07) is 0. The molecule has 2 bridgehead atoms. The number of ketones is 1. The number of rotatable bonds is 0. The molecule has 0 amide bonds. The van der Waals surface area contributed by atoms with Crippen LogP contribution in [0.3, 0.4) is 0 Å². The molecule has 2 atom stereocenters. The van der Waals surface area contributed by atoms with E-state index >= 15 is 0 Å². The van der Waals surface area contributed by atoms with Crippen molar-refractivity contribution in [2.45, 2.75) is 40.0 Å². The summed E-state index contributed by atoms with van der Waals surface area (Å²) >= 11 is 0. The molecule has 1 radical (unpaired) electrons. The largest absolute Gasteiger partial charge is 0.299 e. The second-order valence-corrected chi connectivity index (χ2v) is 4.92. The summed E-state index contributed by atoms with van der Waals surface area (Å²) in [6.45, 7) is 6.67. The smallest absolute Gasteiger partial charge is 0.139 e. The predicted octanol–water partition coefficient (Wildman–Crippen LogP) is 2.02. The summed E-state index contributed by atoms with van der Waals surface area (Å²) in [6.07, 6.45) is 3.25. The molecule has 2 heteroatoms. The SMILES string of the molecule is CC12CCC(CC1=O)C2(C)C.[Na]. The molecule has 2 fully saturated rings. The van der Waals surface area contributed by atoms with Crippen molar-refractivity contribution in [1.29, 1.82) is 0 Å². The Hall–Kier alpha value is 0.670. The third kappa shape index (κ3) is 0.995. The molecule has 0 aromatic rings. The number of carbonyl (C=O) groups excluding carboxylic acids is 1. The number of fused-ring (bicyclic) bond motifs is 2. The van der Waals surface area contributed by atoms with Gasteiger partial charge in [0.1, 0.15) is 5.78 Å². The van der Waals surface area contributed by atoms with Gasteiger partial charge in [-0.25, -0.2) is 0 Å². The van der Waals surface area contributed by atoms with Crippen molar-refractivity contribution in [2.24, 2.45) is 16.7 Å². The van der Waals surface area contributed by atoms with Crippen LogP contribution in [0, 0.1) is 16.7 Å². The fraction of sp³-hybridized carbons (Fsp3) is 0.900. The van der Waals surface area contributed by atoms with Crippen molar-refractivity contribution in [2.75, 3.05) is 0 Å². The molecular weight excluding hydrogens is 159 g/mol. The average molecular weight is 175 g/mol. The van der Waals surface area contributed by atoms with Gasteiger partial charge in [0.2, 0.25) is 0 Å². The van der Waals surface area contributed by atoms with Gasteiger partial charge in [-0.1, -0.05) is 20.8 Å². The van der Waals surface area contributed by atoms with Crippen molar-refractivity contribution < 1.29 is 4.79 Å². The zero-order valence-electron chi connectivity index (χ0n) is 8.61. The molecule has 2 aliphatic carbocycles. The molecule has 12 heavy (non-hydrogen) atoms. The van der Waals surface area contributed by atoms with E-state index in [2.05, 4.69) is 20.8 Å². The van der Waals surface area contributed by atoms with Gasteiger partial charge in [0.05, 0.1) is 0 Å². The first-order chi connectivity index (χ1) is 4.98. The first kappa shape index (κ1) is 10.7. The van der Waals surface area contributed by atoms with Gasteiger partial charge in [0.15, 0.2) is 0 Å². The Morgan fingerprint density at radius 2 is 1.92 bits per heavy atom. The molecule has 2 unspecified atom stereocenters. The molecule has 0 aromatic carbocycles. The molecule has 0 aromatic heterocycles. The maximum Gasteiger partial charge on any atom is 0.139 e. The Labute approximate surface area is 96.6 Å². The maximum atomic E-state index is 11.6. The molecule has 2 saturated carbocycles. The van der Waals surface area contributed by atoms with Crippen LogP contribution in [-0.2, 0) is 4.79 Å². The molecule has 0 heterocycles. The van der Waals surface area contributed by atoms with E-state index in [1.165, 1.54) is 6.42 Å². The Morgan fingerprint density at radius 3 is 2.08 bits per heavy atom. The van der Waals surface area contributed by atoms with E-state index in [0.29, 0.717) is 11.7 Å². The van der Waals surface area contributed by atoms with Crippen molar-refractivity contribution in [3.63, 3.8) is 0 Å². The van der Waals surface area contributed by atoms with Crippen molar-refractivity contribution in [1.82, 2.24) is 0 Å². The van der Waals surface area contributed by atoms with E-state index in [9.17, 15) is 4.79 Å². The Morgan fingerprint density at radius 1 is 1.33 bits per heavy atom. The summed E-state index contributed by atoms with van der Waals surface area (Å²) in [7, 11) is 0. The fourth-order valence-electron chi connectivity index (χ4n) is 2.90. The average Bonchev–Trinajstić information content (AvgIpc) is 2.20. The van der Waals surface area contributed by atoms with Crippen LogP contribution in [0.1, 0.15) is 40.0 Å². The quantitative estimate of drug-likeness (QED) is 0.515. The minimum absolute atomic E-state index is 0. The number of Topliss-reactive ketones (excluding diaryl/α,β-unsaturated/α-hetero) is 1. The van der Waals surface area contributed by atoms with E-state index in [0.717, 1.165) is 12.8 Å². The molecule has 2 rings (SSSR count). The van der Waals surface area contributed by atoms with Gasteiger partial charge >= 0.3 is 0 Å². The molecule has 0 N–H and O–H groups in total. The summed E-state index contributed by atoms with van der Waals surface area (Å²) in [5, 5.41) is 0. The fourth-order valence-corrected chi connectivity index (χ4v) is 2.90. The second kappa shape index (κ2) is 2.83. The van der Waals surface area contributed by atoms with Crippen LogP contribution >= 0.6 is 0 Å². The summed E-state index contributed by atoms with van der Waals surface area (Å²) in [4.78, 5) is 11.6. The van der Waals surface area contributed by atoms with E-state index in [1.807, 2.05) is 0 Å². The van der Waals surface area contributed by atoms with Gasteiger partial charge in [0, 0.05) is 41.4 Å². The summed E-state index contributed by atoms with van der Waals surface area (Å²) in [5.74, 6) is 1.19. The van der Waals surface area contributed by atoms with E-state index in [-0.39, 0.29) is 40.4 Å². The molecular formula is C10H16NaO. The molecule has 1 nitrogen and oxygen atoms in total. The van der Waals surface area contributed by atoms with Gasteiger partial charge in [-0.3, -0.25) is 4.79 Å². The first-order valence-electron chi connectivity index (χ1n) is 4.52. The maximum absolute atomic E-state index is 11.6. The zero-order chi connectivity index (χ0) is 8.28. The van der Waals surface area contributed by atoms with Crippen LogP contribution < -0.4 is 0 Å². The molecule has 0 saturated heterocycles. The van der Waals surface area contributed by atoms with Crippen molar-refractivity contribution in [3.05, 3.63) is 0 Å². The standard InChI is InChI=1S/C10H16O.Na/c1-9(2)7-4-5-10(9,3)8(11)6-7;/h7H,4-6H2,1-3H3;. The summed E-state index contributed by atoms with van der Waals surface area (Å²) < 4.78 is 0. The minimum Gasteiger partial charge on any atom is -0.299 e. The molecule has 63 valence electrons. The van der Waals surface area contributed by atoms with E-state index < -0.39 is 0 Å². The zero-order valence-corrected chi connectivity index (χ0v) is 10.6. The topological polar surface area (TPSA) is 17.1 Å². The first-order valence-corrected chi connectivity index (χ1v) is 4.52.